The van der Waals surface area contributed by atoms with E-state index in [2.05, 4.69) is 19.4 Å². The lowest BCUT2D eigenvalue weighted by molar-refractivity contribution is -0.434. The summed E-state index contributed by atoms with van der Waals surface area (Å²) in [5.74, 6) is -3.85. The fraction of sp³-hybridized carbons (Fsp3) is 0.900. The number of nitrogens with zero attached hydrogens (tertiary/aromatic N) is 3. The Hall–Kier alpha value is -1.15. The number of azide groups is 1. The molecule has 1 unspecified atom stereocenters. The average Bonchev–Trinajstić information content (AvgIpc) is 2.93. The number of carbonyl (C=O) groups excluding carboxylic acids is 1. The van der Waals surface area contributed by atoms with Crippen LogP contribution in [0.2, 0.25) is 0 Å². The summed E-state index contributed by atoms with van der Waals surface area (Å²) >= 11 is 0.280. The van der Waals surface area contributed by atoms with Crippen LogP contribution in [0.5, 0.6) is 0 Å². The zero-order valence-corrected chi connectivity index (χ0v) is 13.2. The topological polar surface area (TPSA) is 151 Å². The highest BCUT2D eigenvalue weighted by Gasteiger charge is 2.70. The lowest BCUT2D eigenvalue weighted by Gasteiger charge is -2.26. The van der Waals surface area contributed by atoms with Crippen LogP contribution >= 0.6 is 12.3 Å². The maximum atomic E-state index is 12.2. The SMILES string of the molecule is COC(=O)[C@@]12O[C@@H](CN=[N+]=[N-])C(OSOOO)[C@@H]1OC(C)(C)O2. The van der Waals surface area contributed by atoms with E-state index in [1.807, 2.05) is 0 Å². The molecule has 2 rings (SSSR count). The second kappa shape index (κ2) is 7.17. The minimum absolute atomic E-state index is 0.163. The van der Waals surface area contributed by atoms with Gasteiger partial charge in [-0.15, -0.1) is 4.33 Å². The van der Waals surface area contributed by atoms with Gasteiger partial charge in [-0.3, -0.25) is 4.18 Å². The van der Waals surface area contributed by atoms with Crippen LogP contribution in [0.25, 0.3) is 10.4 Å². The van der Waals surface area contributed by atoms with Crippen molar-refractivity contribution in [1.29, 1.82) is 0 Å². The van der Waals surface area contributed by atoms with Crippen molar-refractivity contribution in [2.24, 2.45) is 5.11 Å². The largest absolute Gasteiger partial charge is 0.465 e. The Bertz CT molecular complexity index is 500. The molecule has 13 heteroatoms. The molecule has 23 heavy (non-hydrogen) atoms. The monoisotopic (exact) mass is 353 g/mol. The van der Waals surface area contributed by atoms with E-state index in [-0.39, 0.29) is 18.9 Å². The van der Waals surface area contributed by atoms with E-state index in [1.54, 1.807) is 13.8 Å². The third-order valence-electron chi connectivity index (χ3n) is 3.18. The van der Waals surface area contributed by atoms with Crippen LogP contribution in [-0.4, -0.2) is 54.8 Å². The molecule has 0 spiro atoms. The normalized spacial score (nSPS) is 34.7. The van der Waals surface area contributed by atoms with Crippen LogP contribution in [-0.2, 0) is 37.3 Å². The molecule has 0 radical (unpaired) electrons. The first-order valence-electron chi connectivity index (χ1n) is 6.35. The van der Waals surface area contributed by atoms with Crippen LogP contribution in [0.1, 0.15) is 13.8 Å². The molecule has 130 valence electrons. The number of esters is 1. The third kappa shape index (κ3) is 3.52. The minimum atomic E-state index is -1.88. The highest BCUT2D eigenvalue weighted by molar-refractivity contribution is 7.89. The third-order valence-corrected chi connectivity index (χ3v) is 3.59. The van der Waals surface area contributed by atoms with Gasteiger partial charge < -0.3 is 18.9 Å². The molecule has 0 aromatic heterocycles. The van der Waals surface area contributed by atoms with E-state index >= 15 is 0 Å². The van der Waals surface area contributed by atoms with E-state index in [1.165, 1.54) is 7.11 Å². The molecule has 2 fully saturated rings. The van der Waals surface area contributed by atoms with E-state index in [0.29, 0.717) is 0 Å². The predicted octanol–water partition coefficient (Wildman–Crippen LogP) is 1.09. The Morgan fingerprint density at radius 3 is 2.83 bits per heavy atom. The van der Waals surface area contributed by atoms with Gasteiger partial charge in [0.15, 0.2) is 24.2 Å². The fourth-order valence-corrected chi connectivity index (χ4v) is 2.86. The van der Waals surface area contributed by atoms with Crippen molar-refractivity contribution in [1.82, 2.24) is 0 Å². The number of rotatable bonds is 7. The van der Waals surface area contributed by atoms with Gasteiger partial charge in [0.2, 0.25) is 0 Å². The van der Waals surface area contributed by atoms with Crippen molar-refractivity contribution < 1.29 is 42.6 Å². The lowest BCUT2D eigenvalue weighted by Crippen LogP contribution is -2.48. The average molecular weight is 353 g/mol. The Morgan fingerprint density at radius 2 is 2.22 bits per heavy atom. The van der Waals surface area contributed by atoms with Crippen LogP contribution in [0.4, 0.5) is 0 Å². The zero-order chi connectivity index (χ0) is 17.1. The van der Waals surface area contributed by atoms with Crippen molar-refractivity contribution in [3.8, 4) is 0 Å². The van der Waals surface area contributed by atoms with Crippen LogP contribution in [0, 0.1) is 0 Å². The molecule has 0 saturated carbocycles. The van der Waals surface area contributed by atoms with Gasteiger partial charge >= 0.3 is 11.8 Å². The van der Waals surface area contributed by atoms with Gasteiger partial charge in [-0.1, -0.05) is 10.2 Å². The van der Waals surface area contributed by atoms with E-state index < -0.39 is 35.9 Å². The van der Waals surface area contributed by atoms with Gasteiger partial charge in [-0.05, 0) is 19.4 Å². The number of ether oxygens (including phenoxy) is 4. The summed E-state index contributed by atoms with van der Waals surface area (Å²) in [7, 11) is 1.17. The number of carbonyl (C=O) groups is 1. The summed E-state index contributed by atoms with van der Waals surface area (Å²) in [6.45, 7) is 3.00. The molecule has 1 N–H and O–H groups in total. The first-order chi connectivity index (χ1) is 10.9. The fourth-order valence-electron chi connectivity index (χ4n) is 2.48. The highest BCUT2D eigenvalue weighted by atomic mass is 32.2. The van der Waals surface area contributed by atoms with Gasteiger partial charge in [0, 0.05) is 4.91 Å². The molecule has 0 aromatic rings. The molecule has 2 aliphatic rings. The molecule has 12 nitrogen and oxygen atoms in total. The van der Waals surface area contributed by atoms with Gasteiger partial charge in [-0.2, -0.15) is 0 Å². The summed E-state index contributed by atoms with van der Waals surface area (Å²) < 4.78 is 31.0. The van der Waals surface area contributed by atoms with Gasteiger partial charge in [0.25, 0.3) is 0 Å². The smallest absolute Gasteiger partial charge is 0.369 e. The standard InChI is InChI=1S/C10H15N3O9S/c1-9(2)18-7-6(19-23-22-21-15)5(4-12-13-11)17-10(7,20-9)8(14)16-3/h5-7,15H,4H2,1-3H3/t5-,6?,7-,10+/m0/s1. The van der Waals surface area contributed by atoms with Crippen LogP contribution < -0.4 is 0 Å². The molecule has 0 aromatic carbocycles. The van der Waals surface area contributed by atoms with Crippen molar-refractivity contribution in [2.45, 2.75) is 43.7 Å². The summed E-state index contributed by atoms with van der Waals surface area (Å²) in [5, 5.41) is 15.0. The van der Waals surface area contributed by atoms with E-state index in [9.17, 15) is 4.79 Å². The quantitative estimate of drug-likeness (QED) is 0.103. The summed E-state index contributed by atoms with van der Waals surface area (Å²) in [4.78, 5) is 14.8. The summed E-state index contributed by atoms with van der Waals surface area (Å²) in [6.07, 6.45) is -2.86. The number of hydrogen-bond acceptors (Lipinski definition) is 11. The predicted molar refractivity (Wildman–Crippen MR) is 70.9 cm³/mol. The number of fused-ring (bicyclic) bond motifs is 1. The molecule has 4 atom stereocenters. The van der Waals surface area contributed by atoms with Crippen molar-refractivity contribution >= 4 is 18.3 Å². The summed E-state index contributed by atoms with van der Waals surface area (Å²) in [6, 6.07) is 0. The highest BCUT2D eigenvalue weighted by Crippen LogP contribution is 2.48. The Morgan fingerprint density at radius 1 is 1.48 bits per heavy atom. The molecule has 0 aliphatic carbocycles. The van der Waals surface area contributed by atoms with Crippen molar-refractivity contribution in [3.05, 3.63) is 10.4 Å². The second-order valence-corrected chi connectivity index (χ2v) is 5.51. The minimum Gasteiger partial charge on any atom is -0.465 e. The van der Waals surface area contributed by atoms with E-state index in [4.69, 9.17) is 33.9 Å². The molecule has 2 aliphatic heterocycles. The Balaban J connectivity index is 2.28. The van der Waals surface area contributed by atoms with Crippen molar-refractivity contribution in [2.75, 3.05) is 13.7 Å². The summed E-state index contributed by atoms with van der Waals surface area (Å²) in [5.41, 5.74) is 8.46. The molecule has 2 saturated heterocycles. The molecule has 2 heterocycles. The first-order valence-corrected chi connectivity index (χ1v) is 7.02. The maximum absolute atomic E-state index is 12.2. The second-order valence-electron chi connectivity index (χ2n) is 5.04. The Kier molecular flexibility index (Phi) is 5.67. The maximum Gasteiger partial charge on any atom is 0.369 e. The first kappa shape index (κ1) is 18.2. The molecular weight excluding hydrogens is 338 g/mol. The number of methoxy groups -OCH3 is 1. The van der Waals surface area contributed by atoms with Gasteiger partial charge in [0.05, 0.1) is 19.8 Å². The number of hydrogen-bond donors (Lipinski definition) is 1. The van der Waals surface area contributed by atoms with Gasteiger partial charge in [-0.25, -0.2) is 10.1 Å². The van der Waals surface area contributed by atoms with Crippen molar-refractivity contribution in [3.63, 3.8) is 0 Å². The molecule has 0 amide bonds. The van der Waals surface area contributed by atoms with E-state index in [0.717, 1.165) is 0 Å². The molecular formula is C10H15N3O9S. The lowest BCUT2D eigenvalue weighted by atomic mass is 10.1. The Labute approximate surface area is 134 Å². The van der Waals surface area contributed by atoms with Crippen LogP contribution in [0.15, 0.2) is 5.11 Å². The zero-order valence-electron chi connectivity index (χ0n) is 12.4. The van der Waals surface area contributed by atoms with Crippen LogP contribution in [0.3, 0.4) is 0 Å². The molecule has 0 bridgehead atoms. The van der Waals surface area contributed by atoms with Gasteiger partial charge in [0.1, 0.15) is 6.10 Å².